The van der Waals surface area contributed by atoms with Gasteiger partial charge in [0.05, 0.1) is 0 Å². The van der Waals surface area contributed by atoms with Crippen molar-refractivity contribution in [2.75, 3.05) is 6.26 Å². The molecule has 0 unspecified atom stereocenters. The van der Waals surface area contributed by atoms with Gasteiger partial charge < -0.3 is 0 Å². The van der Waals surface area contributed by atoms with Crippen LogP contribution >= 0.6 is 0 Å². The number of aromatic nitrogens is 1. The topological polar surface area (TPSA) is 47.0 Å². The van der Waals surface area contributed by atoms with Gasteiger partial charge in [-0.05, 0) is 41.8 Å². The van der Waals surface area contributed by atoms with Crippen LogP contribution in [0.4, 0.5) is 8.78 Å². The second-order valence-electron chi connectivity index (χ2n) is 5.83. The van der Waals surface area contributed by atoms with E-state index in [1.165, 1.54) is 6.20 Å². The lowest BCUT2D eigenvalue weighted by Crippen LogP contribution is -2.05. The number of rotatable bonds is 3. The number of pyridine rings is 1. The maximum atomic E-state index is 14.3. The quantitative estimate of drug-likeness (QED) is 0.696. The third-order valence-corrected chi connectivity index (χ3v) is 4.96. The van der Waals surface area contributed by atoms with E-state index in [0.29, 0.717) is 5.56 Å². The summed E-state index contributed by atoms with van der Waals surface area (Å²) < 4.78 is 51.6. The summed E-state index contributed by atoms with van der Waals surface area (Å²) in [6.07, 6.45) is 3.88. The number of aryl methyl sites for hydroxylation is 1. The summed E-state index contributed by atoms with van der Waals surface area (Å²) >= 11 is 0. The summed E-state index contributed by atoms with van der Waals surface area (Å²) in [4.78, 5) is 3.12. The van der Waals surface area contributed by atoms with Crippen molar-refractivity contribution in [1.29, 1.82) is 0 Å². The highest BCUT2D eigenvalue weighted by molar-refractivity contribution is 7.90. The van der Waals surface area contributed by atoms with Crippen molar-refractivity contribution >= 4 is 9.84 Å². The zero-order chi connectivity index (χ0) is 18.2. The molecule has 0 bridgehead atoms. The third kappa shape index (κ3) is 3.44. The van der Waals surface area contributed by atoms with Gasteiger partial charge in [-0.25, -0.2) is 17.2 Å². The molecule has 0 fully saturated rings. The van der Waals surface area contributed by atoms with Crippen LogP contribution in [0.2, 0.25) is 0 Å². The number of benzene rings is 2. The molecule has 0 N–H and O–H groups in total. The Morgan fingerprint density at radius 1 is 0.920 bits per heavy atom. The number of hydrogen-bond donors (Lipinski definition) is 0. The Labute approximate surface area is 144 Å². The SMILES string of the molecule is Cc1cccc(-c2ccncc2-c2cc(F)c(S(C)(=O)=O)c(F)c2)c1. The van der Waals surface area contributed by atoms with Crippen molar-refractivity contribution in [3.63, 3.8) is 0 Å². The van der Waals surface area contributed by atoms with Crippen molar-refractivity contribution in [3.8, 4) is 22.3 Å². The molecule has 0 radical (unpaired) electrons. The van der Waals surface area contributed by atoms with Gasteiger partial charge in [-0.1, -0.05) is 29.8 Å². The lowest BCUT2D eigenvalue weighted by atomic mass is 9.95. The van der Waals surface area contributed by atoms with Gasteiger partial charge >= 0.3 is 0 Å². The summed E-state index contributed by atoms with van der Waals surface area (Å²) in [5.41, 5.74) is 3.43. The molecule has 0 amide bonds. The molecule has 3 aromatic rings. The van der Waals surface area contributed by atoms with Crippen molar-refractivity contribution in [2.45, 2.75) is 11.8 Å². The molecule has 6 heteroatoms. The second kappa shape index (κ2) is 6.37. The largest absolute Gasteiger partial charge is 0.264 e. The van der Waals surface area contributed by atoms with Crippen LogP contribution in [0.25, 0.3) is 22.3 Å². The smallest absolute Gasteiger partial charge is 0.181 e. The van der Waals surface area contributed by atoms with E-state index in [4.69, 9.17) is 0 Å². The molecule has 1 aromatic heterocycles. The third-order valence-electron chi connectivity index (χ3n) is 3.83. The van der Waals surface area contributed by atoms with Crippen LogP contribution in [0.15, 0.2) is 59.8 Å². The van der Waals surface area contributed by atoms with Crippen molar-refractivity contribution in [2.24, 2.45) is 0 Å². The van der Waals surface area contributed by atoms with Crippen LogP contribution in [-0.4, -0.2) is 19.7 Å². The Balaban J connectivity index is 2.22. The average molecular weight is 359 g/mol. The minimum Gasteiger partial charge on any atom is -0.264 e. The van der Waals surface area contributed by atoms with Crippen molar-refractivity contribution in [3.05, 3.63) is 72.1 Å². The van der Waals surface area contributed by atoms with Crippen LogP contribution in [0.3, 0.4) is 0 Å². The van der Waals surface area contributed by atoms with Crippen molar-refractivity contribution in [1.82, 2.24) is 4.98 Å². The molecular weight excluding hydrogens is 344 g/mol. The monoisotopic (exact) mass is 359 g/mol. The van der Waals surface area contributed by atoms with Gasteiger partial charge in [0.1, 0.15) is 16.5 Å². The predicted octanol–water partition coefficient (Wildman–Crippen LogP) is 4.41. The molecule has 0 aliphatic carbocycles. The van der Waals surface area contributed by atoms with E-state index in [0.717, 1.165) is 35.1 Å². The predicted molar refractivity (Wildman–Crippen MR) is 92.9 cm³/mol. The van der Waals surface area contributed by atoms with E-state index < -0.39 is 26.4 Å². The lowest BCUT2D eigenvalue weighted by molar-refractivity contribution is 0.522. The first kappa shape index (κ1) is 17.2. The molecule has 2 aromatic carbocycles. The van der Waals surface area contributed by atoms with Gasteiger partial charge in [-0.15, -0.1) is 0 Å². The average Bonchev–Trinajstić information content (AvgIpc) is 2.53. The molecule has 0 spiro atoms. The van der Waals surface area contributed by atoms with E-state index in [2.05, 4.69) is 4.98 Å². The van der Waals surface area contributed by atoms with E-state index in [9.17, 15) is 17.2 Å². The molecule has 0 saturated carbocycles. The van der Waals surface area contributed by atoms with E-state index in [-0.39, 0.29) is 5.56 Å². The Hall–Kier alpha value is -2.60. The highest BCUT2D eigenvalue weighted by Gasteiger charge is 2.21. The fraction of sp³-hybridized carbons (Fsp3) is 0.105. The molecule has 0 saturated heterocycles. The zero-order valence-corrected chi connectivity index (χ0v) is 14.4. The van der Waals surface area contributed by atoms with Crippen LogP contribution in [-0.2, 0) is 9.84 Å². The number of hydrogen-bond acceptors (Lipinski definition) is 3. The molecule has 1 heterocycles. The minimum atomic E-state index is -4.00. The van der Waals surface area contributed by atoms with E-state index >= 15 is 0 Å². The Kier molecular flexibility index (Phi) is 4.39. The summed E-state index contributed by atoms with van der Waals surface area (Å²) in [5.74, 6) is -2.23. The van der Waals surface area contributed by atoms with Crippen LogP contribution in [0.1, 0.15) is 5.56 Å². The minimum absolute atomic E-state index is 0.229. The number of sulfone groups is 1. The van der Waals surface area contributed by atoms with Crippen molar-refractivity contribution < 1.29 is 17.2 Å². The van der Waals surface area contributed by atoms with Crippen LogP contribution in [0, 0.1) is 18.6 Å². The first-order valence-electron chi connectivity index (χ1n) is 7.48. The fourth-order valence-corrected chi connectivity index (χ4v) is 3.58. The second-order valence-corrected chi connectivity index (χ2v) is 7.78. The first-order valence-corrected chi connectivity index (χ1v) is 9.37. The highest BCUT2D eigenvalue weighted by Crippen LogP contribution is 2.34. The normalized spacial score (nSPS) is 11.5. The Morgan fingerprint density at radius 3 is 2.20 bits per heavy atom. The highest BCUT2D eigenvalue weighted by atomic mass is 32.2. The van der Waals surface area contributed by atoms with Gasteiger partial charge in [-0.2, -0.15) is 0 Å². The van der Waals surface area contributed by atoms with E-state index in [1.54, 1.807) is 12.3 Å². The molecule has 25 heavy (non-hydrogen) atoms. The summed E-state index contributed by atoms with van der Waals surface area (Å²) in [6, 6.07) is 11.5. The molecule has 0 aliphatic rings. The van der Waals surface area contributed by atoms with Crippen LogP contribution in [0.5, 0.6) is 0 Å². The molecule has 3 nitrogen and oxygen atoms in total. The summed E-state index contributed by atoms with van der Waals surface area (Å²) in [7, 11) is -4.00. The first-order chi connectivity index (χ1) is 11.8. The van der Waals surface area contributed by atoms with Gasteiger partial charge in [0.15, 0.2) is 9.84 Å². The maximum Gasteiger partial charge on any atom is 0.181 e. The zero-order valence-electron chi connectivity index (χ0n) is 13.6. The van der Waals surface area contributed by atoms with Gasteiger partial charge in [0.25, 0.3) is 0 Å². The van der Waals surface area contributed by atoms with E-state index in [1.807, 2.05) is 31.2 Å². The molecule has 3 rings (SSSR count). The fourth-order valence-electron chi connectivity index (χ4n) is 2.76. The lowest BCUT2D eigenvalue weighted by Gasteiger charge is -2.12. The molecular formula is C19H15F2NO2S. The molecule has 128 valence electrons. The Bertz CT molecular complexity index is 1040. The van der Waals surface area contributed by atoms with Gasteiger partial charge in [0, 0.05) is 24.2 Å². The van der Waals surface area contributed by atoms with Crippen LogP contribution < -0.4 is 0 Å². The van der Waals surface area contributed by atoms with Gasteiger partial charge in [-0.3, -0.25) is 4.98 Å². The van der Waals surface area contributed by atoms with Gasteiger partial charge in [0.2, 0.25) is 0 Å². The Morgan fingerprint density at radius 2 is 1.60 bits per heavy atom. The molecule has 0 atom stereocenters. The number of nitrogens with zero attached hydrogens (tertiary/aromatic N) is 1. The summed E-state index contributed by atoms with van der Waals surface area (Å²) in [5, 5.41) is 0. The summed E-state index contributed by atoms with van der Waals surface area (Å²) in [6.45, 7) is 1.95. The standard InChI is InChI=1S/C19H15F2NO2S/c1-12-4-3-5-13(8-12)15-6-7-22-11-16(15)14-9-17(20)19(18(21)10-14)25(2,23)24/h3-11H,1-2H3. The number of halogens is 2. The maximum absolute atomic E-state index is 14.3. The molecule has 0 aliphatic heterocycles.